The fourth-order valence-corrected chi connectivity index (χ4v) is 5.65. The van der Waals surface area contributed by atoms with Crippen molar-refractivity contribution in [3.8, 4) is 5.75 Å². The van der Waals surface area contributed by atoms with Gasteiger partial charge in [0.05, 0.1) is 11.6 Å². The fraction of sp³-hybridized carbons (Fsp3) is 0.435. The topological polar surface area (TPSA) is 165 Å². The van der Waals surface area contributed by atoms with Crippen LogP contribution in [0, 0.1) is 11.8 Å². The van der Waals surface area contributed by atoms with Crippen LogP contribution in [-0.4, -0.2) is 82.6 Å². The lowest BCUT2D eigenvalue weighted by Crippen LogP contribution is -2.63. The van der Waals surface area contributed by atoms with E-state index in [9.17, 15) is 34.8 Å². The number of rotatable bonds is 3. The van der Waals surface area contributed by atoms with Crippen LogP contribution < -0.4 is 10.6 Å². The highest BCUT2D eigenvalue weighted by Gasteiger charge is 2.63. The van der Waals surface area contributed by atoms with Crippen LogP contribution in [0.1, 0.15) is 22.3 Å². The van der Waals surface area contributed by atoms with Gasteiger partial charge in [0.15, 0.2) is 11.4 Å². The van der Waals surface area contributed by atoms with E-state index in [0.29, 0.717) is 5.56 Å². The van der Waals surface area contributed by atoms with Crippen LogP contribution in [0.4, 0.5) is 5.69 Å². The first kappa shape index (κ1) is 25.5. The molecule has 0 fully saturated rings. The van der Waals surface area contributed by atoms with Crippen molar-refractivity contribution in [2.24, 2.45) is 17.6 Å². The van der Waals surface area contributed by atoms with Crippen molar-refractivity contribution in [2.45, 2.75) is 24.5 Å². The molecule has 0 aromatic heterocycles. The number of aromatic hydroxyl groups is 1. The lowest BCUT2D eigenvalue weighted by atomic mass is 9.58. The molecule has 4 rings (SSSR count). The fourth-order valence-electron chi connectivity index (χ4n) is 5.65. The summed E-state index contributed by atoms with van der Waals surface area (Å²) in [6.07, 6.45) is 0.324. The Balaban J connectivity index is 0.00000324. The second-order valence-corrected chi connectivity index (χ2v) is 9.31. The maximum absolute atomic E-state index is 13.5. The minimum absolute atomic E-state index is 0. The van der Waals surface area contributed by atoms with Gasteiger partial charge in [-0.2, -0.15) is 0 Å². The molecule has 0 saturated carbocycles. The zero-order valence-corrected chi connectivity index (χ0v) is 20.0. The first-order chi connectivity index (χ1) is 15.3. The molecule has 34 heavy (non-hydrogen) atoms. The van der Waals surface area contributed by atoms with E-state index in [4.69, 9.17) is 5.73 Å². The van der Waals surface area contributed by atoms with Crippen LogP contribution in [0.15, 0.2) is 34.8 Å². The van der Waals surface area contributed by atoms with Gasteiger partial charge in [0.1, 0.15) is 22.8 Å². The average molecular weight is 494 g/mol. The molecule has 0 spiro atoms. The van der Waals surface area contributed by atoms with Crippen molar-refractivity contribution < 1.29 is 34.8 Å². The number of halogens is 1. The van der Waals surface area contributed by atoms with E-state index in [1.54, 1.807) is 39.2 Å². The number of allylic oxidation sites excluding steroid dienone is 1. The van der Waals surface area contributed by atoms with Crippen molar-refractivity contribution in [2.75, 3.05) is 33.1 Å². The van der Waals surface area contributed by atoms with Crippen molar-refractivity contribution in [1.29, 1.82) is 0 Å². The molecule has 0 bridgehead atoms. The van der Waals surface area contributed by atoms with Gasteiger partial charge in [0.25, 0.3) is 5.91 Å². The van der Waals surface area contributed by atoms with E-state index in [1.807, 2.05) is 0 Å². The highest BCUT2D eigenvalue weighted by molar-refractivity contribution is 6.24. The number of anilines is 1. The van der Waals surface area contributed by atoms with Crippen LogP contribution in [0.25, 0.3) is 0 Å². The summed E-state index contributed by atoms with van der Waals surface area (Å²) in [5, 5.41) is 43.9. The van der Waals surface area contributed by atoms with Gasteiger partial charge >= 0.3 is 0 Å². The third kappa shape index (κ3) is 3.20. The van der Waals surface area contributed by atoms with Crippen LogP contribution in [0.2, 0.25) is 0 Å². The molecule has 0 radical (unpaired) electrons. The molecular weight excluding hydrogens is 466 g/mol. The first-order valence-corrected chi connectivity index (χ1v) is 10.5. The number of amides is 1. The van der Waals surface area contributed by atoms with E-state index in [1.165, 1.54) is 11.0 Å². The molecule has 3 aliphatic rings. The number of likely N-dealkylation sites (N-methyl/N-ethyl adjacent to an activating group) is 1. The van der Waals surface area contributed by atoms with E-state index < -0.39 is 58.0 Å². The predicted molar refractivity (Wildman–Crippen MR) is 125 cm³/mol. The number of primary amides is 1. The second kappa shape index (κ2) is 8.30. The number of nitrogens with zero attached hydrogens (tertiary/aromatic N) is 2. The van der Waals surface area contributed by atoms with Crippen molar-refractivity contribution in [1.82, 2.24) is 4.90 Å². The van der Waals surface area contributed by atoms with Crippen LogP contribution in [0.3, 0.4) is 0 Å². The SMILES string of the molecule is CN(C)c1ccc(O)c2c1C[C@H]1C[C@@H]3[C@H](N(C)C)C(O)=C(C(N)=O)C(=O)[C@@]3(O)C(O)=C1C2=O.Cl. The van der Waals surface area contributed by atoms with Gasteiger partial charge < -0.3 is 31.1 Å². The summed E-state index contributed by atoms with van der Waals surface area (Å²) in [6.45, 7) is 0. The third-order valence-corrected chi connectivity index (χ3v) is 7.06. The number of aliphatic hydroxyl groups is 3. The molecule has 0 aliphatic heterocycles. The van der Waals surface area contributed by atoms with Gasteiger partial charge in [-0.3, -0.25) is 19.3 Å². The predicted octanol–water partition coefficient (Wildman–Crippen LogP) is 0.608. The number of phenols is 1. The van der Waals surface area contributed by atoms with E-state index in [2.05, 4.69) is 0 Å². The molecule has 11 heteroatoms. The molecule has 6 N–H and O–H groups in total. The molecule has 0 saturated heterocycles. The molecule has 1 aromatic rings. The Labute approximate surface area is 202 Å². The molecule has 0 unspecified atom stereocenters. The number of ketones is 2. The highest BCUT2D eigenvalue weighted by Crippen LogP contribution is 2.52. The van der Waals surface area contributed by atoms with Gasteiger partial charge in [-0.05, 0) is 50.6 Å². The number of carbonyl (C=O) groups excluding carboxylic acids is 3. The Kier molecular flexibility index (Phi) is 6.23. The van der Waals surface area contributed by atoms with Gasteiger partial charge in [-0.25, -0.2) is 0 Å². The Morgan fingerprint density at radius 1 is 1.12 bits per heavy atom. The quantitative estimate of drug-likeness (QED) is 0.379. The monoisotopic (exact) mass is 493 g/mol. The molecule has 1 aromatic carbocycles. The van der Waals surface area contributed by atoms with E-state index >= 15 is 0 Å². The Morgan fingerprint density at radius 2 is 1.74 bits per heavy atom. The minimum atomic E-state index is -2.63. The summed E-state index contributed by atoms with van der Waals surface area (Å²) < 4.78 is 0. The Bertz CT molecular complexity index is 1170. The third-order valence-electron chi connectivity index (χ3n) is 7.06. The average Bonchev–Trinajstić information content (AvgIpc) is 2.70. The molecule has 184 valence electrons. The largest absolute Gasteiger partial charge is 0.510 e. The molecule has 10 nitrogen and oxygen atoms in total. The maximum Gasteiger partial charge on any atom is 0.255 e. The number of Topliss-reactive ketones (excluding diaryl/α,β-unsaturated/α-hetero) is 2. The zero-order chi connectivity index (χ0) is 24.6. The van der Waals surface area contributed by atoms with Crippen LogP contribution in [0.5, 0.6) is 5.75 Å². The normalized spacial score (nSPS) is 28.2. The number of hydrogen-bond acceptors (Lipinski definition) is 9. The Hall–Kier alpha value is -3.08. The smallest absolute Gasteiger partial charge is 0.255 e. The molecule has 0 heterocycles. The number of carbonyl (C=O) groups is 3. The highest BCUT2D eigenvalue weighted by atomic mass is 35.5. The van der Waals surface area contributed by atoms with Crippen molar-refractivity contribution in [3.05, 3.63) is 45.9 Å². The number of aliphatic hydroxyl groups excluding tert-OH is 2. The molecule has 1 amide bonds. The van der Waals surface area contributed by atoms with E-state index in [0.717, 1.165) is 5.69 Å². The molecule has 3 aliphatic carbocycles. The lowest BCUT2D eigenvalue weighted by Gasteiger charge is -2.50. The second-order valence-electron chi connectivity index (χ2n) is 9.31. The Morgan fingerprint density at radius 3 is 2.26 bits per heavy atom. The van der Waals surface area contributed by atoms with E-state index in [-0.39, 0.29) is 42.1 Å². The zero-order valence-electron chi connectivity index (χ0n) is 19.2. The maximum atomic E-state index is 13.5. The van der Waals surface area contributed by atoms with Gasteiger partial charge in [0.2, 0.25) is 5.78 Å². The number of fused-ring (bicyclic) bond motifs is 3. The van der Waals surface area contributed by atoms with Gasteiger partial charge in [-0.1, -0.05) is 0 Å². The lowest BCUT2D eigenvalue weighted by molar-refractivity contribution is -0.148. The first-order valence-electron chi connectivity index (χ1n) is 10.5. The van der Waals surface area contributed by atoms with Crippen LogP contribution >= 0.6 is 12.4 Å². The number of hydrogen-bond donors (Lipinski definition) is 5. The molecular formula is C23H28ClN3O7. The standard InChI is InChI=1S/C23H27N3O7.ClH/c1-25(2)12-5-6-13(27)15-10(12)7-9-8-11-17(26(3)4)19(29)16(22(24)32)21(31)23(11,33)20(30)14(9)18(15)28;/h5-6,9,11,17,27,29-30,33H,7-8H2,1-4H3,(H2,24,32);1H/t9-,11+,17-,23-;/m0./s1. The summed E-state index contributed by atoms with van der Waals surface area (Å²) in [5.74, 6) is -6.53. The number of phenolic OH excluding ortho intramolecular Hbond substituents is 1. The summed E-state index contributed by atoms with van der Waals surface area (Å²) >= 11 is 0. The van der Waals surface area contributed by atoms with Gasteiger partial charge in [-0.15, -0.1) is 12.4 Å². The van der Waals surface area contributed by atoms with Crippen molar-refractivity contribution in [3.63, 3.8) is 0 Å². The molecule has 4 atom stereocenters. The number of nitrogens with two attached hydrogens (primary N) is 1. The summed E-state index contributed by atoms with van der Waals surface area (Å²) in [4.78, 5) is 42.0. The number of benzene rings is 1. The minimum Gasteiger partial charge on any atom is -0.510 e. The summed E-state index contributed by atoms with van der Waals surface area (Å²) in [7, 11) is 6.79. The van der Waals surface area contributed by atoms with Crippen LogP contribution in [-0.2, 0) is 16.0 Å². The van der Waals surface area contributed by atoms with Crippen molar-refractivity contribution >= 4 is 35.6 Å². The summed E-state index contributed by atoms with van der Waals surface area (Å²) in [6, 6.07) is 2.06. The summed E-state index contributed by atoms with van der Waals surface area (Å²) in [5.41, 5.74) is 3.02. The van der Waals surface area contributed by atoms with Gasteiger partial charge in [0, 0.05) is 31.3 Å².